The molecule has 0 aliphatic carbocycles. The summed E-state index contributed by atoms with van der Waals surface area (Å²) in [6, 6.07) is 2.53. The minimum Gasteiger partial charge on any atom is -0.323 e. The van der Waals surface area contributed by atoms with Crippen molar-refractivity contribution >= 4 is 11.3 Å². The second kappa shape index (κ2) is 8.71. The zero-order valence-electron chi connectivity index (χ0n) is 12.3. The Hall–Kier alpha value is -0.340. The van der Waals surface area contributed by atoms with Gasteiger partial charge in [-0.1, -0.05) is 51.9 Å². The van der Waals surface area contributed by atoms with E-state index in [-0.39, 0.29) is 6.04 Å². The van der Waals surface area contributed by atoms with Gasteiger partial charge in [0.15, 0.2) is 0 Å². The van der Waals surface area contributed by atoms with Crippen molar-refractivity contribution < 1.29 is 0 Å². The Morgan fingerprint density at radius 1 is 1.06 bits per heavy atom. The van der Waals surface area contributed by atoms with E-state index in [4.69, 9.17) is 5.73 Å². The van der Waals surface area contributed by atoms with Crippen molar-refractivity contribution in [1.82, 2.24) is 0 Å². The first kappa shape index (κ1) is 15.7. The van der Waals surface area contributed by atoms with Crippen LogP contribution in [-0.2, 0) is 0 Å². The maximum atomic E-state index is 6.25. The highest BCUT2D eigenvalue weighted by molar-refractivity contribution is 7.12. The monoisotopic (exact) mass is 267 g/mol. The summed E-state index contributed by atoms with van der Waals surface area (Å²) >= 11 is 1.87. The summed E-state index contributed by atoms with van der Waals surface area (Å²) in [5, 5.41) is 0. The van der Waals surface area contributed by atoms with Gasteiger partial charge in [0.2, 0.25) is 0 Å². The van der Waals surface area contributed by atoms with Gasteiger partial charge in [-0.3, -0.25) is 0 Å². The molecule has 0 bridgehead atoms. The van der Waals surface area contributed by atoms with Crippen LogP contribution in [0.5, 0.6) is 0 Å². The number of unbranched alkanes of at least 4 members (excludes halogenated alkanes) is 6. The smallest absolute Gasteiger partial charge is 0.0389 e. The third kappa shape index (κ3) is 5.53. The van der Waals surface area contributed by atoms with Crippen molar-refractivity contribution in [3.05, 3.63) is 21.4 Å². The Morgan fingerprint density at radius 3 is 2.22 bits per heavy atom. The molecule has 1 aromatic rings. The molecule has 0 aliphatic heterocycles. The molecule has 0 saturated heterocycles. The van der Waals surface area contributed by atoms with Gasteiger partial charge in [-0.15, -0.1) is 11.3 Å². The fourth-order valence-corrected chi connectivity index (χ4v) is 3.33. The maximum absolute atomic E-state index is 6.25. The first-order valence-corrected chi connectivity index (χ1v) is 8.29. The molecule has 104 valence electrons. The van der Waals surface area contributed by atoms with Gasteiger partial charge in [0.05, 0.1) is 0 Å². The minimum atomic E-state index is 0.262. The van der Waals surface area contributed by atoms with Crippen molar-refractivity contribution in [3.63, 3.8) is 0 Å². The summed E-state index contributed by atoms with van der Waals surface area (Å²) in [5.41, 5.74) is 7.64. The van der Waals surface area contributed by atoms with Gasteiger partial charge in [-0.05, 0) is 31.9 Å². The van der Waals surface area contributed by atoms with Gasteiger partial charge in [-0.25, -0.2) is 0 Å². The third-order valence-electron chi connectivity index (χ3n) is 3.67. The SMILES string of the molecule is CCCCCCCCCC(N)c1cc(C)c(C)s1. The lowest BCUT2D eigenvalue weighted by Gasteiger charge is -2.09. The second-order valence-corrected chi connectivity index (χ2v) is 6.69. The van der Waals surface area contributed by atoms with Crippen LogP contribution in [0.3, 0.4) is 0 Å². The Labute approximate surface area is 117 Å². The lowest BCUT2D eigenvalue weighted by molar-refractivity contribution is 0.544. The highest BCUT2D eigenvalue weighted by atomic mass is 32.1. The van der Waals surface area contributed by atoms with Gasteiger partial charge in [0, 0.05) is 15.8 Å². The number of thiophene rings is 1. The van der Waals surface area contributed by atoms with E-state index in [0.717, 1.165) is 6.42 Å². The number of aryl methyl sites for hydroxylation is 2. The zero-order valence-corrected chi connectivity index (χ0v) is 13.1. The Morgan fingerprint density at radius 2 is 1.67 bits per heavy atom. The van der Waals surface area contributed by atoms with E-state index in [1.807, 2.05) is 11.3 Å². The molecular weight excluding hydrogens is 238 g/mol. The predicted octanol–water partition coefficient (Wildman–Crippen LogP) is 5.51. The third-order valence-corrected chi connectivity index (χ3v) is 4.95. The highest BCUT2D eigenvalue weighted by Crippen LogP contribution is 2.28. The lowest BCUT2D eigenvalue weighted by atomic mass is 10.0. The van der Waals surface area contributed by atoms with Crippen molar-refractivity contribution in [1.29, 1.82) is 0 Å². The van der Waals surface area contributed by atoms with E-state index in [0.29, 0.717) is 0 Å². The summed E-state index contributed by atoms with van der Waals surface area (Å²) < 4.78 is 0. The van der Waals surface area contributed by atoms with Crippen molar-refractivity contribution in [2.45, 2.75) is 78.2 Å². The minimum absolute atomic E-state index is 0.262. The van der Waals surface area contributed by atoms with Crippen LogP contribution in [0.2, 0.25) is 0 Å². The van der Waals surface area contributed by atoms with Crippen LogP contribution in [-0.4, -0.2) is 0 Å². The van der Waals surface area contributed by atoms with Crippen LogP contribution in [0.25, 0.3) is 0 Å². The van der Waals surface area contributed by atoms with Gasteiger partial charge < -0.3 is 5.73 Å². The van der Waals surface area contributed by atoms with E-state index in [9.17, 15) is 0 Å². The molecule has 18 heavy (non-hydrogen) atoms. The first-order valence-electron chi connectivity index (χ1n) is 7.47. The first-order chi connectivity index (χ1) is 8.65. The van der Waals surface area contributed by atoms with Gasteiger partial charge in [0.25, 0.3) is 0 Å². The van der Waals surface area contributed by atoms with Crippen molar-refractivity contribution in [2.75, 3.05) is 0 Å². The van der Waals surface area contributed by atoms with Crippen LogP contribution >= 0.6 is 11.3 Å². The van der Waals surface area contributed by atoms with E-state index in [2.05, 4.69) is 26.8 Å². The standard InChI is InChI=1S/C16H29NS/c1-4-5-6-7-8-9-10-11-15(17)16-12-13(2)14(3)18-16/h12,15H,4-11,17H2,1-3H3. The number of hydrogen-bond donors (Lipinski definition) is 1. The molecule has 0 radical (unpaired) electrons. The average Bonchev–Trinajstić information content (AvgIpc) is 2.68. The normalized spacial score (nSPS) is 12.9. The Balaban J connectivity index is 2.12. The quantitative estimate of drug-likeness (QED) is 0.587. The number of nitrogens with two attached hydrogens (primary N) is 1. The molecule has 1 atom stereocenters. The van der Waals surface area contributed by atoms with Gasteiger partial charge in [0.1, 0.15) is 0 Å². The fraction of sp³-hybridized carbons (Fsp3) is 0.750. The Bertz CT molecular complexity index is 310. The number of hydrogen-bond acceptors (Lipinski definition) is 2. The maximum Gasteiger partial charge on any atom is 0.0389 e. The molecule has 1 heterocycles. The molecule has 2 N–H and O–H groups in total. The van der Waals surface area contributed by atoms with E-state index in [1.165, 1.54) is 60.3 Å². The van der Waals surface area contributed by atoms with Crippen LogP contribution in [0.4, 0.5) is 0 Å². The molecule has 1 nitrogen and oxygen atoms in total. The molecule has 0 aliphatic rings. The van der Waals surface area contributed by atoms with E-state index in [1.54, 1.807) is 0 Å². The molecule has 1 rings (SSSR count). The molecule has 0 fully saturated rings. The van der Waals surface area contributed by atoms with Crippen LogP contribution < -0.4 is 5.73 Å². The lowest BCUT2D eigenvalue weighted by Crippen LogP contribution is -2.08. The molecule has 0 aromatic carbocycles. The summed E-state index contributed by atoms with van der Waals surface area (Å²) in [7, 11) is 0. The fourth-order valence-electron chi connectivity index (χ4n) is 2.25. The van der Waals surface area contributed by atoms with E-state index >= 15 is 0 Å². The van der Waals surface area contributed by atoms with Crippen LogP contribution in [0.15, 0.2) is 6.07 Å². The summed E-state index contributed by atoms with van der Waals surface area (Å²) in [5.74, 6) is 0. The molecule has 1 aromatic heterocycles. The molecular formula is C16H29NS. The molecule has 1 unspecified atom stereocenters. The summed E-state index contributed by atoms with van der Waals surface area (Å²) in [4.78, 5) is 2.79. The van der Waals surface area contributed by atoms with Crippen molar-refractivity contribution in [3.8, 4) is 0 Å². The topological polar surface area (TPSA) is 26.0 Å². The summed E-state index contributed by atoms with van der Waals surface area (Å²) in [6.45, 7) is 6.63. The predicted molar refractivity (Wildman–Crippen MR) is 83.3 cm³/mol. The molecule has 2 heteroatoms. The molecule has 0 spiro atoms. The van der Waals surface area contributed by atoms with Crippen LogP contribution in [0, 0.1) is 13.8 Å². The van der Waals surface area contributed by atoms with Crippen LogP contribution in [0.1, 0.15) is 79.6 Å². The van der Waals surface area contributed by atoms with Gasteiger partial charge >= 0.3 is 0 Å². The number of rotatable bonds is 9. The largest absolute Gasteiger partial charge is 0.323 e. The van der Waals surface area contributed by atoms with Gasteiger partial charge in [-0.2, -0.15) is 0 Å². The second-order valence-electron chi connectivity index (χ2n) is 5.40. The average molecular weight is 267 g/mol. The van der Waals surface area contributed by atoms with Crippen molar-refractivity contribution in [2.24, 2.45) is 5.73 Å². The zero-order chi connectivity index (χ0) is 13.4. The Kier molecular flexibility index (Phi) is 7.60. The molecule has 0 saturated carbocycles. The summed E-state index contributed by atoms with van der Waals surface area (Å²) in [6.07, 6.45) is 10.7. The highest BCUT2D eigenvalue weighted by Gasteiger charge is 2.09. The van der Waals surface area contributed by atoms with E-state index < -0.39 is 0 Å². The molecule has 0 amide bonds.